The van der Waals surface area contributed by atoms with E-state index >= 15 is 0 Å². The first-order chi connectivity index (χ1) is 12.2. The Morgan fingerprint density at radius 1 is 0.962 bits per heavy atom. The molecular formula is C22H25NO3. The Morgan fingerprint density at radius 3 is 2.19 bits per heavy atom. The van der Waals surface area contributed by atoms with E-state index in [0.717, 1.165) is 12.8 Å². The predicted molar refractivity (Wildman–Crippen MR) is 103 cm³/mol. The van der Waals surface area contributed by atoms with Crippen LogP contribution in [0.15, 0.2) is 42.5 Å². The van der Waals surface area contributed by atoms with Crippen LogP contribution < -0.4 is 10.1 Å². The molecule has 0 saturated carbocycles. The highest BCUT2D eigenvalue weighted by Gasteiger charge is 2.37. The predicted octanol–water partition coefficient (Wildman–Crippen LogP) is 4.82. The summed E-state index contributed by atoms with van der Waals surface area (Å²) in [4.78, 5) is 23.0. The van der Waals surface area contributed by atoms with Crippen molar-refractivity contribution < 1.29 is 14.3 Å². The molecular weight excluding hydrogens is 326 g/mol. The summed E-state index contributed by atoms with van der Waals surface area (Å²) in [5.41, 5.74) is 4.11. The smallest absolute Gasteiger partial charge is 0.298 e. The molecule has 136 valence electrons. The average Bonchev–Trinajstić information content (AvgIpc) is 2.61. The number of ether oxygens (including phenoxy) is 1. The fourth-order valence-electron chi connectivity index (χ4n) is 3.61. The molecule has 1 amide bonds. The van der Waals surface area contributed by atoms with Crippen molar-refractivity contribution >= 4 is 18.1 Å². The lowest BCUT2D eigenvalue weighted by Crippen LogP contribution is -2.34. The number of anilines is 1. The molecule has 2 aromatic rings. The van der Waals surface area contributed by atoms with Crippen LogP contribution in [0, 0.1) is 0 Å². The molecule has 0 saturated heterocycles. The van der Waals surface area contributed by atoms with Crippen molar-refractivity contribution in [2.45, 2.75) is 51.4 Å². The Hall–Kier alpha value is -2.62. The van der Waals surface area contributed by atoms with Crippen molar-refractivity contribution in [2.24, 2.45) is 0 Å². The van der Waals surface area contributed by atoms with E-state index in [1.165, 1.54) is 11.1 Å². The van der Waals surface area contributed by atoms with Gasteiger partial charge in [-0.15, -0.1) is 0 Å². The minimum atomic E-state index is -0.143. The molecule has 0 atom stereocenters. The van der Waals surface area contributed by atoms with Crippen LogP contribution in [0.2, 0.25) is 0 Å². The zero-order chi connectivity index (χ0) is 18.9. The summed E-state index contributed by atoms with van der Waals surface area (Å²) in [5, 5.41) is 2.90. The summed E-state index contributed by atoms with van der Waals surface area (Å²) in [5.74, 6) is 0.298. The first kappa shape index (κ1) is 18.2. The van der Waals surface area contributed by atoms with Gasteiger partial charge in [0.2, 0.25) is 0 Å². The molecule has 26 heavy (non-hydrogen) atoms. The van der Waals surface area contributed by atoms with Crippen molar-refractivity contribution in [3.05, 3.63) is 59.2 Å². The second kappa shape index (κ2) is 6.60. The Balaban J connectivity index is 1.85. The number of amides is 1. The van der Waals surface area contributed by atoms with Crippen molar-refractivity contribution in [1.82, 2.24) is 0 Å². The maximum atomic E-state index is 12.7. The zero-order valence-electron chi connectivity index (χ0n) is 15.8. The van der Waals surface area contributed by atoms with Gasteiger partial charge < -0.3 is 10.1 Å². The second-order valence-corrected chi connectivity index (χ2v) is 8.22. The SMILES string of the molecule is CC1(C)CCC(C)(C)c2cc(C(=O)Nc3ccc(OC=O)cc3)ccc21. The fraction of sp³-hybridized carbons (Fsp3) is 0.364. The molecule has 1 aliphatic carbocycles. The van der Waals surface area contributed by atoms with Crippen molar-refractivity contribution in [3.63, 3.8) is 0 Å². The summed E-state index contributed by atoms with van der Waals surface area (Å²) in [6, 6.07) is 12.7. The van der Waals surface area contributed by atoms with Crippen LogP contribution in [-0.4, -0.2) is 12.4 Å². The number of rotatable bonds is 4. The highest BCUT2D eigenvalue weighted by Crippen LogP contribution is 2.45. The van der Waals surface area contributed by atoms with Gasteiger partial charge in [0.15, 0.2) is 0 Å². The van der Waals surface area contributed by atoms with Gasteiger partial charge in [0, 0.05) is 11.3 Å². The topological polar surface area (TPSA) is 55.4 Å². The Bertz CT molecular complexity index is 835. The quantitative estimate of drug-likeness (QED) is 0.803. The lowest BCUT2D eigenvalue weighted by Gasteiger charge is -2.42. The van der Waals surface area contributed by atoms with Crippen LogP contribution in [0.5, 0.6) is 5.75 Å². The van der Waals surface area contributed by atoms with E-state index in [-0.39, 0.29) is 16.7 Å². The molecule has 4 heteroatoms. The maximum absolute atomic E-state index is 12.7. The molecule has 4 nitrogen and oxygen atoms in total. The molecule has 0 bridgehead atoms. The van der Waals surface area contributed by atoms with E-state index in [2.05, 4.69) is 39.1 Å². The second-order valence-electron chi connectivity index (χ2n) is 8.22. The third-order valence-corrected chi connectivity index (χ3v) is 5.41. The largest absolute Gasteiger partial charge is 0.429 e. The first-order valence-corrected chi connectivity index (χ1v) is 8.90. The maximum Gasteiger partial charge on any atom is 0.298 e. The Morgan fingerprint density at radius 2 is 1.58 bits per heavy atom. The van der Waals surface area contributed by atoms with Crippen LogP contribution in [0.25, 0.3) is 0 Å². The first-order valence-electron chi connectivity index (χ1n) is 8.90. The van der Waals surface area contributed by atoms with Crippen molar-refractivity contribution in [1.29, 1.82) is 0 Å². The Labute approximate surface area is 154 Å². The number of hydrogen-bond donors (Lipinski definition) is 1. The van der Waals surface area contributed by atoms with E-state index in [9.17, 15) is 9.59 Å². The van der Waals surface area contributed by atoms with Crippen LogP contribution in [0.4, 0.5) is 5.69 Å². The minimum Gasteiger partial charge on any atom is -0.429 e. The monoisotopic (exact) mass is 351 g/mol. The number of fused-ring (bicyclic) bond motifs is 1. The normalized spacial score (nSPS) is 17.1. The fourth-order valence-corrected chi connectivity index (χ4v) is 3.61. The van der Waals surface area contributed by atoms with Gasteiger partial charge in [0.25, 0.3) is 12.4 Å². The van der Waals surface area contributed by atoms with Gasteiger partial charge in [0.05, 0.1) is 0 Å². The van der Waals surface area contributed by atoms with Crippen LogP contribution in [0.1, 0.15) is 62.0 Å². The molecule has 0 heterocycles. The van der Waals surface area contributed by atoms with Gasteiger partial charge in [-0.1, -0.05) is 33.8 Å². The average molecular weight is 351 g/mol. The number of carbonyl (C=O) groups excluding carboxylic acids is 2. The summed E-state index contributed by atoms with van der Waals surface area (Å²) in [7, 11) is 0. The van der Waals surface area contributed by atoms with Gasteiger partial charge in [-0.3, -0.25) is 9.59 Å². The lowest BCUT2D eigenvalue weighted by atomic mass is 9.63. The molecule has 3 rings (SSSR count). The van der Waals surface area contributed by atoms with E-state index in [1.54, 1.807) is 24.3 Å². The third kappa shape index (κ3) is 3.50. The Kier molecular flexibility index (Phi) is 4.61. The van der Waals surface area contributed by atoms with Gasteiger partial charge in [-0.2, -0.15) is 0 Å². The molecule has 1 N–H and O–H groups in total. The van der Waals surface area contributed by atoms with Crippen LogP contribution in [0.3, 0.4) is 0 Å². The zero-order valence-corrected chi connectivity index (χ0v) is 15.8. The number of carbonyl (C=O) groups is 2. The number of nitrogens with one attached hydrogen (secondary N) is 1. The van der Waals surface area contributed by atoms with Crippen molar-refractivity contribution in [2.75, 3.05) is 5.32 Å². The molecule has 0 spiro atoms. The van der Waals surface area contributed by atoms with Gasteiger partial charge in [-0.05, 0) is 71.2 Å². The molecule has 0 aliphatic heterocycles. The molecule has 0 unspecified atom stereocenters. The van der Waals surface area contributed by atoms with E-state index in [1.807, 2.05) is 12.1 Å². The van der Waals surface area contributed by atoms with E-state index in [4.69, 9.17) is 4.74 Å². The lowest BCUT2D eigenvalue weighted by molar-refractivity contribution is -0.120. The standard InChI is InChI=1S/C22H25NO3/c1-21(2)11-12-22(3,4)19-13-15(5-10-18(19)21)20(25)23-16-6-8-17(9-7-16)26-14-24/h5-10,13-14H,11-12H2,1-4H3,(H,23,25). The third-order valence-electron chi connectivity index (χ3n) is 5.41. The molecule has 0 aromatic heterocycles. The highest BCUT2D eigenvalue weighted by molar-refractivity contribution is 6.04. The molecule has 0 radical (unpaired) electrons. The number of benzene rings is 2. The summed E-state index contributed by atoms with van der Waals surface area (Å²) in [6.07, 6.45) is 2.25. The van der Waals surface area contributed by atoms with E-state index in [0.29, 0.717) is 23.5 Å². The molecule has 0 fully saturated rings. The summed E-state index contributed by atoms with van der Waals surface area (Å²) < 4.78 is 4.76. The van der Waals surface area contributed by atoms with Crippen LogP contribution >= 0.6 is 0 Å². The van der Waals surface area contributed by atoms with Gasteiger partial charge >= 0.3 is 0 Å². The van der Waals surface area contributed by atoms with Gasteiger partial charge in [-0.25, -0.2) is 0 Å². The molecule has 2 aromatic carbocycles. The summed E-state index contributed by atoms with van der Waals surface area (Å²) >= 11 is 0. The highest BCUT2D eigenvalue weighted by atomic mass is 16.5. The van der Waals surface area contributed by atoms with Crippen molar-refractivity contribution in [3.8, 4) is 5.75 Å². The number of hydrogen-bond acceptors (Lipinski definition) is 3. The minimum absolute atomic E-state index is 0.0644. The molecule has 1 aliphatic rings. The van der Waals surface area contributed by atoms with E-state index < -0.39 is 0 Å². The van der Waals surface area contributed by atoms with Crippen LogP contribution in [-0.2, 0) is 15.6 Å². The van der Waals surface area contributed by atoms with Gasteiger partial charge in [0.1, 0.15) is 5.75 Å². The summed E-state index contributed by atoms with van der Waals surface area (Å²) in [6.45, 7) is 9.40.